The van der Waals surface area contributed by atoms with Crippen LogP contribution in [0.25, 0.3) is 16.6 Å². The van der Waals surface area contributed by atoms with E-state index in [1.54, 1.807) is 4.57 Å². The summed E-state index contributed by atoms with van der Waals surface area (Å²) in [5.74, 6) is 0.760. The molecular formula is C35H43N3O2. The Morgan fingerprint density at radius 3 is 2.25 bits per heavy atom. The van der Waals surface area contributed by atoms with Gasteiger partial charge in [-0.05, 0) is 56.0 Å². The first-order chi connectivity index (χ1) is 19.5. The highest BCUT2D eigenvalue weighted by Gasteiger charge is 2.28. The van der Waals surface area contributed by atoms with Crippen LogP contribution in [0.4, 0.5) is 0 Å². The van der Waals surface area contributed by atoms with Crippen LogP contribution in [-0.2, 0) is 11.2 Å². The van der Waals surface area contributed by atoms with Crippen molar-refractivity contribution in [3.8, 4) is 5.69 Å². The minimum Gasteiger partial charge on any atom is -0.332 e. The predicted molar refractivity (Wildman–Crippen MR) is 165 cm³/mol. The van der Waals surface area contributed by atoms with Crippen molar-refractivity contribution in [2.24, 2.45) is 0 Å². The summed E-state index contributed by atoms with van der Waals surface area (Å²) in [5.41, 5.74) is 3.65. The summed E-state index contributed by atoms with van der Waals surface area (Å²) >= 11 is 0. The van der Waals surface area contributed by atoms with Gasteiger partial charge in [0.2, 0.25) is 5.91 Å². The van der Waals surface area contributed by atoms with Crippen LogP contribution in [0, 0.1) is 6.92 Å². The van der Waals surface area contributed by atoms with Crippen LogP contribution in [0.1, 0.15) is 88.2 Å². The van der Waals surface area contributed by atoms with E-state index < -0.39 is 0 Å². The number of carbonyl (C=O) groups excluding carboxylic acids is 1. The highest BCUT2D eigenvalue weighted by Crippen LogP contribution is 2.28. The molecule has 5 heteroatoms. The van der Waals surface area contributed by atoms with Crippen molar-refractivity contribution in [1.29, 1.82) is 0 Å². The molecule has 0 aliphatic rings. The predicted octanol–water partition coefficient (Wildman–Crippen LogP) is 7.97. The SMILES string of the molecule is CCCCCCCCC(=O)N(CCc1ccccc1)C(CC)c1nc2ccccc2c(=O)n1-c1ccc(C)cc1. The molecule has 0 saturated heterocycles. The fraction of sp³-hybridized carbons (Fsp3) is 0.400. The van der Waals surface area contributed by atoms with Gasteiger partial charge in [0.05, 0.1) is 22.6 Å². The molecule has 1 aromatic heterocycles. The van der Waals surface area contributed by atoms with Gasteiger partial charge in [0.15, 0.2) is 0 Å². The molecule has 0 aliphatic heterocycles. The number of amides is 1. The number of aromatic nitrogens is 2. The molecule has 1 heterocycles. The normalized spacial score (nSPS) is 12.0. The van der Waals surface area contributed by atoms with Crippen LogP contribution in [0.3, 0.4) is 0 Å². The average Bonchev–Trinajstić information content (AvgIpc) is 2.98. The molecule has 3 aromatic carbocycles. The Balaban J connectivity index is 1.73. The van der Waals surface area contributed by atoms with Crippen molar-refractivity contribution in [2.45, 2.75) is 84.6 Å². The van der Waals surface area contributed by atoms with Crippen LogP contribution in [0.15, 0.2) is 83.7 Å². The third-order valence-corrected chi connectivity index (χ3v) is 7.70. The number of rotatable bonds is 14. The number of benzene rings is 3. The maximum Gasteiger partial charge on any atom is 0.266 e. The minimum absolute atomic E-state index is 0.103. The second kappa shape index (κ2) is 14.6. The third-order valence-electron chi connectivity index (χ3n) is 7.70. The van der Waals surface area contributed by atoms with Gasteiger partial charge in [-0.1, -0.05) is 106 Å². The van der Waals surface area contributed by atoms with E-state index in [0.29, 0.717) is 36.1 Å². The first-order valence-electron chi connectivity index (χ1n) is 15.0. The van der Waals surface area contributed by atoms with Gasteiger partial charge < -0.3 is 4.90 Å². The molecule has 0 fully saturated rings. The lowest BCUT2D eigenvalue weighted by molar-refractivity contribution is -0.134. The standard InChI is InChI=1S/C35H43N3O2/c1-4-6-7-8-9-13-20-33(39)37(26-25-28-16-11-10-12-17-28)32(5-2)34-36-31-19-15-14-18-30(31)35(40)38(34)29-23-21-27(3)22-24-29/h10-12,14-19,21-24,32H,4-9,13,20,25-26H2,1-3H3. The van der Waals surface area contributed by atoms with E-state index in [1.165, 1.54) is 31.2 Å². The lowest BCUT2D eigenvalue weighted by atomic mass is 10.1. The second-order valence-electron chi connectivity index (χ2n) is 10.7. The Morgan fingerprint density at radius 1 is 0.850 bits per heavy atom. The fourth-order valence-corrected chi connectivity index (χ4v) is 5.41. The molecule has 1 unspecified atom stereocenters. The van der Waals surface area contributed by atoms with Crippen LogP contribution in [0.5, 0.6) is 0 Å². The topological polar surface area (TPSA) is 55.2 Å². The highest BCUT2D eigenvalue weighted by atomic mass is 16.2. The zero-order valence-corrected chi connectivity index (χ0v) is 24.3. The van der Waals surface area contributed by atoms with Crippen molar-refractivity contribution in [2.75, 3.05) is 6.54 Å². The summed E-state index contributed by atoms with van der Waals surface area (Å²) < 4.78 is 1.73. The molecule has 40 heavy (non-hydrogen) atoms. The zero-order valence-electron chi connectivity index (χ0n) is 24.3. The first kappa shape index (κ1) is 29.3. The van der Waals surface area contributed by atoms with Gasteiger partial charge in [-0.3, -0.25) is 14.2 Å². The Morgan fingerprint density at radius 2 is 1.52 bits per heavy atom. The van der Waals surface area contributed by atoms with E-state index in [4.69, 9.17) is 4.98 Å². The fourth-order valence-electron chi connectivity index (χ4n) is 5.41. The van der Waals surface area contributed by atoms with Crippen molar-refractivity contribution in [3.63, 3.8) is 0 Å². The van der Waals surface area contributed by atoms with Crippen LogP contribution >= 0.6 is 0 Å². The second-order valence-corrected chi connectivity index (χ2v) is 10.7. The lowest BCUT2D eigenvalue weighted by Crippen LogP contribution is -2.39. The Bertz CT molecular complexity index is 1430. The Labute approximate surface area is 238 Å². The van der Waals surface area contributed by atoms with Gasteiger partial charge in [0.1, 0.15) is 5.82 Å². The molecule has 0 aliphatic carbocycles. The third kappa shape index (κ3) is 7.26. The number of hydrogen-bond donors (Lipinski definition) is 0. The highest BCUT2D eigenvalue weighted by molar-refractivity contribution is 5.79. The van der Waals surface area contributed by atoms with Gasteiger partial charge in [0, 0.05) is 13.0 Å². The van der Waals surface area contributed by atoms with E-state index in [-0.39, 0.29) is 17.5 Å². The van der Waals surface area contributed by atoms with E-state index >= 15 is 0 Å². The summed E-state index contributed by atoms with van der Waals surface area (Å²) in [6.07, 6.45) is 8.74. The summed E-state index contributed by atoms with van der Waals surface area (Å²) in [6.45, 7) is 6.91. The lowest BCUT2D eigenvalue weighted by Gasteiger charge is -2.33. The summed E-state index contributed by atoms with van der Waals surface area (Å²) in [6, 6.07) is 25.4. The van der Waals surface area contributed by atoms with Crippen molar-refractivity contribution in [3.05, 3.63) is 106 Å². The van der Waals surface area contributed by atoms with Crippen LogP contribution < -0.4 is 5.56 Å². The minimum atomic E-state index is -0.324. The first-order valence-corrected chi connectivity index (χ1v) is 15.0. The molecule has 0 bridgehead atoms. The summed E-state index contributed by atoms with van der Waals surface area (Å²) in [4.78, 5) is 34.9. The number of unbranched alkanes of at least 4 members (excludes halogenated alkanes) is 5. The average molecular weight is 538 g/mol. The quantitative estimate of drug-likeness (QED) is 0.153. The van der Waals surface area contributed by atoms with E-state index in [1.807, 2.05) is 78.6 Å². The molecule has 0 N–H and O–H groups in total. The van der Waals surface area contributed by atoms with E-state index in [0.717, 1.165) is 30.5 Å². The van der Waals surface area contributed by atoms with Gasteiger partial charge in [-0.15, -0.1) is 0 Å². The monoisotopic (exact) mass is 537 g/mol. The molecule has 210 valence electrons. The molecule has 0 saturated carbocycles. The van der Waals surface area contributed by atoms with Gasteiger partial charge in [0.25, 0.3) is 5.56 Å². The van der Waals surface area contributed by atoms with Crippen molar-refractivity contribution >= 4 is 16.8 Å². The molecule has 0 spiro atoms. The molecule has 0 radical (unpaired) electrons. The smallest absolute Gasteiger partial charge is 0.266 e. The molecule has 1 amide bonds. The van der Waals surface area contributed by atoms with Crippen LogP contribution in [-0.4, -0.2) is 26.9 Å². The molecule has 4 aromatic rings. The van der Waals surface area contributed by atoms with E-state index in [9.17, 15) is 9.59 Å². The van der Waals surface area contributed by atoms with Crippen LogP contribution in [0.2, 0.25) is 0 Å². The summed E-state index contributed by atoms with van der Waals surface area (Å²) in [5, 5.41) is 0.580. The molecule has 5 nitrogen and oxygen atoms in total. The number of para-hydroxylation sites is 1. The Kier molecular flexibility index (Phi) is 10.7. The van der Waals surface area contributed by atoms with Crippen molar-refractivity contribution in [1.82, 2.24) is 14.5 Å². The largest absolute Gasteiger partial charge is 0.332 e. The number of fused-ring (bicyclic) bond motifs is 1. The van der Waals surface area contributed by atoms with Gasteiger partial charge in [-0.2, -0.15) is 0 Å². The van der Waals surface area contributed by atoms with Gasteiger partial charge >= 0.3 is 0 Å². The summed E-state index contributed by atoms with van der Waals surface area (Å²) in [7, 11) is 0. The van der Waals surface area contributed by atoms with E-state index in [2.05, 4.69) is 26.0 Å². The number of hydrogen-bond acceptors (Lipinski definition) is 3. The molecule has 1 atom stereocenters. The number of carbonyl (C=O) groups is 1. The number of aryl methyl sites for hydroxylation is 1. The zero-order chi connectivity index (χ0) is 28.3. The maximum atomic E-state index is 13.9. The van der Waals surface area contributed by atoms with Crippen molar-refractivity contribution < 1.29 is 4.79 Å². The Hall–Kier alpha value is -3.73. The van der Waals surface area contributed by atoms with Gasteiger partial charge in [-0.25, -0.2) is 4.98 Å². The molecule has 4 rings (SSSR count). The molecular weight excluding hydrogens is 494 g/mol. The maximum absolute atomic E-state index is 13.9. The number of nitrogens with zero attached hydrogens (tertiary/aromatic N) is 3.